The van der Waals surface area contributed by atoms with Gasteiger partial charge in [-0.3, -0.25) is 0 Å². The Morgan fingerprint density at radius 3 is 2.89 bits per heavy atom. The summed E-state index contributed by atoms with van der Waals surface area (Å²) in [4.78, 5) is 0. The minimum absolute atomic E-state index is 0.266. The molecule has 0 aromatic heterocycles. The molecule has 1 aliphatic heterocycles. The van der Waals surface area contributed by atoms with Gasteiger partial charge < -0.3 is 10.1 Å². The Morgan fingerprint density at radius 1 is 1.44 bits per heavy atom. The molecule has 2 atom stereocenters. The first-order valence-electron chi connectivity index (χ1n) is 6.40. The first kappa shape index (κ1) is 12.9. The second-order valence-electron chi connectivity index (χ2n) is 5.68. The van der Waals surface area contributed by atoms with Crippen LogP contribution in [0.2, 0.25) is 0 Å². The third-order valence-corrected chi connectivity index (χ3v) is 3.39. The van der Waals surface area contributed by atoms with E-state index in [4.69, 9.17) is 10.00 Å². The lowest BCUT2D eigenvalue weighted by atomic mass is 9.89. The van der Waals surface area contributed by atoms with E-state index >= 15 is 0 Å². The molecule has 2 rings (SSSR count). The first-order chi connectivity index (χ1) is 8.53. The van der Waals surface area contributed by atoms with Crippen molar-refractivity contribution < 1.29 is 4.74 Å². The number of nitrogens with zero attached hydrogens (tertiary/aromatic N) is 1. The molecule has 0 radical (unpaired) electrons. The predicted octanol–water partition coefficient (Wildman–Crippen LogP) is 2.90. The van der Waals surface area contributed by atoms with Crippen molar-refractivity contribution in [2.24, 2.45) is 11.3 Å². The summed E-state index contributed by atoms with van der Waals surface area (Å²) in [7, 11) is 0. The fourth-order valence-electron chi connectivity index (χ4n) is 2.21. The SMILES string of the molecule is CC1COc2ccccc2C1NCC(C)(C)C#N. The van der Waals surface area contributed by atoms with Crippen molar-refractivity contribution in [3.63, 3.8) is 0 Å². The van der Waals surface area contributed by atoms with Crippen LogP contribution in [0.5, 0.6) is 5.75 Å². The normalized spacial score (nSPS) is 22.8. The van der Waals surface area contributed by atoms with Crippen molar-refractivity contribution in [1.29, 1.82) is 5.26 Å². The Balaban J connectivity index is 2.15. The van der Waals surface area contributed by atoms with Crippen molar-refractivity contribution in [2.45, 2.75) is 26.8 Å². The van der Waals surface area contributed by atoms with E-state index in [-0.39, 0.29) is 11.5 Å². The number of hydrogen-bond donors (Lipinski definition) is 1. The average Bonchev–Trinajstić information content (AvgIpc) is 2.37. The molecule has 2 unspecified atom stereocenters. The predicted molar refractivity (Wildman–Crippen MR) is 71.2 cm³/mol. The highest BCUT2D eigenvalue weighted by atomic mass is 16.5. The molecule has 0 spiro atoms. The van der Waals surface area contributed by atoms with Gasteiger partial charge in [0.05, 0.1) is 18.1 Å². The molecule has 1 aliphatic rings. The van der Waals surface area contributed by atoms with Crippen LogP contribution < -0.4 is 10.1 Å². The zero-order valence-electron chi connectivity index (χ0n) is 11.2. The van der Waals surface area contributed by atoms with Gasteiger partial charge in [-0.25, -0.2) is 0 Å². The number of hydrogen-bond acceptors (Lipinski definition) is 3. The van der Waals surface area contributed by atoms with Gasteiger partial charge in [-0.05, 0) is 19.9 Å². The van der Waals surface area contributed by atoms with Gasteiger partial charge in [0.2, 0.25) is 0 Å². The lowest BCUT2D eigenvalue weighted by Gasteiger charge is -2.33. The fourth-order valence-corrected chi connectivity index (χ4v) is 2.21. The maximum absolute atomic E-state index is 9.07. The van der Waals surface area contributed by atoms with E-state index in [1.54, 1.807) is 0 Å². The van der Waals surface area contributed by atoms with E-state index in [9.17, 15) is 0 Å². The molecular formula is C15H20N2O. The molecule has 1 aromatic carbocycles. The summed E-state index contributed by atoms with van der Waals surface area (Å²) in [6.45, 7) is 7.49. The number of fused-ring (bicyclic) bond motifs is 1. The van der Waals surface area contributed by atoms with Crippen LogP contribution >= 0.6 is 0 Å². The van der Waals surface area contributed by atoms with Crippen LogP contribution in [0.4, 0.5) is 0 Å². The quantitative estimate of drug-likeness (QED) is 0.889. The topological polar surface area (TPSA) is 45.0 Å². The highest BCUT2D eigenvalue weighted by Crippen LogP contribution is 2.35. The summed E-state index contributed by atoms with van der Waals surface area (Å²) in [5.41, 5.74) is 0.859. The maximum atomic E-state index is 9.07. The highest BCUT2D eigenvalue weighted by Gasteiger charge is 2.29. The second kappa shape index (κ2) is 4.99. The van der Waals surface area contributed by atoms with Gasteiger partial charge >= 0.3 is 0 Å². The highest BCUT2D eigenvalue weighted by molar-refractivity contribution is 5.37. The van der Waals surface area contributed by atoms with Crippen LogP contribution in [0.3, 0.4) is 0 Å². The van der Waals surface area contributed by atoms with Crippen LogP contribution in [0.25, 0.3) is 0 Å². The van der Waals surface area contributed by atoms with Crippen LogP contribution in [-0.4, -0.2) is 13.2 Å². The van der Waals surface area contributed by atoms with E-state index in [1.807, 2.05) is 32.0 Å². The molecule has 0 saturated carbocycles. The number of para-hydroxylation sites is 1. The van der Waals surface area contributed by atoms with Gasteiger partial charge in [0.25, 0.3) is 0 Å². The van der Waals surface area contributed by atoms with Gasteiger partial charge in [-0.1, -0.05) is 25.1 Å². The number of nitrogens with one attached hydrogen (secondary N) is 1. The third-order valence-electron chi connectivity index (χ3n) is 3.39. The smallest absolute Gasteiger partial charge is 0.124 e. The molecule has 96 valence electrons. The van der Waals surface area contributed by atoms with Crippen LogP contribution in [0, 0.1) is 22.7 Å². The Bertz CT molecular complexity index is 462. The number of nitriles is 1. The van der Waals surface area contributed by atoms with Gasteiger partial charge in [0, 0.05) is 24.1 Å². The largest absolute Gasteiger partial charge is 0.493 e. The molecule has 0 saturated heterocycles. The van der Waals surface area contributed by atoms with Gasteiger partial charge in [0.1, 0.15) is 5.75 Å². The van der Waals surface area contributed by atoms with E-state index in [2.05, 4.69) is 24.4 Å². The fraction of sp³-hybridized carbons (Fsp3) is 0.533. The standard InChI is InChI=1S/C15H20N2O/c1-11-8-18-13-7-5-4-6-12(13)14(11)17-10-15(2,3)9-16/h4-7,11,14,17H,8,10H2,1-3H3. The maximum Gasteiger partial charge on any atom is 0.124 e. The molecule has 0 amide bonds. The summed E-state index contributed by atoms with van der Waals surface area (Å²) >= 11 is 0. The number of benzene rings is 1. The summed E-state index contributed by atoms with van der Waals surface area (Å²) in [6, 6.07) is 10.7. The molecule has 1 N–H and O–H groups in total. The summed E-state index contributed by atoms with van der Waals surface area (Å²) < 4.78 is 5.72. The van der Waals surface area contributed by atoms with Crippen LogP contribution in [0.1, 0.15) is 32.4 Å². The van der Waals surface area contributed by atoms with Gasteiger partial charge in [-0.15, -0.1) is 0 Å². The molecule has 0 bridgehead atoms. The Labute approximate surface area is 109 Å². The van der Waals surface area contributed by atoms with Crippen molar-refractivity contribution in [1.82, 2.24) is 5.32 Å². The molecule has 18 heavy (non-hydrogen) atoms. The molecule has 0 aliphatic carbocycles. The Morgan fingerprint density at radius 2 is 2.17 bits per heavy atom. The minimum Gasteiger partial charge on any atom is -0.493 e. The number of ether oxygens (including phenoxy) is 1. The van der Waals surface area contributed by atoms with Crippen molar-refractivity contribution in [3.8, 4) is 11.8 Å². The average molecular weight is 244 g/mol. The van der Waals surface area contributed by atoms with Crippen molar-refractivity contribution in [2.75, 3.05) is 13.2 Å². The zero-order chi connectivity index (χ0) is 13.2. The summed E-state index contributed by atoms with van der Waals surface area (Å²) in [6.07, 6.45) is 0. The van der Waals surface area contributed by atoms with Gasteiger partial charge in [-0.2, -0.15) is 5.26 Å². The van der Waals surface area contributed by atoms with E-state index in [0.717, 1.165) is 12.4 Å². The molecule has 1 heterocycles. The lowest BCUT2D eigenvalue weighted by Crippen LogP contribution is -2.38. The van der Waals surface area contributed by atoms with Crippen molar-refractivity contribution >= 4 is 0 Å². The zero-order valence-corrected chi connectivity index (χ0v) is 11.2. The molecule has 3 nitrogen and oxygen atoms in total. The van der Waals surface area contributed by atoms with E-state index < -0.39 is 0 Å². The van der Waals surface area contributed by atoms with Crippen LogP contribution in [-0.2, 0) is 0 Å². The summed E-state index contributed by atoms with van der Waals surface area (Å²) in [5.74, 6) is 1.37. The van der Waals surface area contributed by atoms with Gasteiger partial charge in [0.15, 0.2) is 0 Å². The monoisotopic (exact) mass is 244 g/mol. The molecule has 0 fully saturated rings. The van der Waals surface area contributed by atoms with E-state index in [0.29, 0.717) is 12.5 Å². The van der Waals surface area contributed by atoms with Crippen LogP contribution in [0.15, 0.2) is 24.3 Å². The van der Waals surface area contributed by atoms with E-state index in [1.165, 1.54) is 5.56 Å². The minimum atomic E-state index is -0.340. The second-order valence-corrected chi connectivity index (χ2v) is 5.68. The number of rotatable bonds is 3. The Kier molecular flexibility index (Phi) is 3.58. The molecule has 3 heteroatoms. The Hall–Kier alpha value is -1.53. The van der Waals surface area contributed by atoms with Crippen molar-refractivity contribution in [3.05, 3.63) is 29.8 Å². The summed E-state index contributed by atoms with van der Waals surface area (Å²) in [5, 5.41) is 12.6. The lowest BCUT2D eigenvalue weighted by molar-refractivity contribution is 0.183. The third kappa shape index (κ3) is 2.65. The molecule has 1 aromatic rings. The first-order valence-corrected chi connectivity index (χ1v) is 6.40. The molecular weight excluding hydrogens is 224 g/mol.